The quantitative estimate of drug-likeness (QED) is 0.122. The van der Waals surface area contributed by atoms with E-state index < -0.39 is 37.9 Å². The molecule has 0 aromatic heterocycles. The summed E-state index contributed by atoms with van der Waals surface area (Å²) in [6.45, 7) is 43.9. The van der Waals surface area contributed by atoms with E-state index in [2.05, 4.69) is 341 Å². The van der Waals surface area contributed by atoms with Crippen molar-refractivity contribution in [2.75, 3.05) is 0 Å². The third kappa shape index (κ3) is 29.4. The van der Waals surface area contributed by atoms with Crippen molar-refractivity contribution in [1.29, 1.82) is 0 Å². The fourth-order valence-corrected chi connectivity index (χ4v) is 13.9. The molecule has 0 saturated heterocycles. The maximum absolute atomic E-state index is 7.24. The van der Waals surface area contributed by atoms with Crippen molar-refractivity contribution in [1.82, 2.24) is 0 Å². The Labute approximate surface area is 567 Å². The number of hydrogen-bond acceptors (Lipinski definition) is 0. The molecule has 0 atom stereocenters. The number of rotatable bonds is 4. The van der Waals surface area contributed by atoms with Gasteiger partial charge in [0.15, 0.2) is 0 Å². The van der Waals surface area contributed by atoms with Gasteiger partial charge in [-0.1, -0.05) is 340 Å². The maximum atomic E-state index is 7.24. The van der Waals surface area contributed by atoms with Crippen LogP contribution in [0.4, 0.5) is 0 Å². The van der Waals surface area contributed by atoms with E-state index >= 15 is 0 Å². The molecule has 11 rings (SSSR count). The Balaban J connectivity index is 0.000000290. The van der Waals surface area contributed by atoms with Crippen LogP contribution in [0.3, 0.4) is 0 Å². The molecule has 0 amide bonds. The SMILES string of the molecule is C[Si](C)(C)C.C[Si](c1ccccc1)(c1ccccc1)c1ccccc1.Cc1ccc(C)c(C)c1.Cc1ccc([Si](C)(C)C)cc1.Cc1ccc2cc(C)ccc2c1.Cc1cccc(C)c1C.Cc1ccccc1C.[2H]C([2H])([2H])c1cc(C)ccc1C.[2H]C([2H])([2H])c1ccccc1C. The van der Waals surface area contributed by atoms with E-state index in [1.165, 1.54) is 87.5 Å². The molecule has 0 spiro atoms. The van der Waals surface area contributed by atoms with Crippen molar-refractivity contribution in [3.8, 4) is 0 Å². The molecule has 0 radical (unpaired) electrons. The van der Waals surface area contributed by atoms with E-state index in [9.17, 15) is 0 Å². The highest BCUT2D eigenvalue weighted by Crippen LogP contribution is 2.18. The average molecular weight is 1260 g/mol. The molecule has 11 aromatic carbocycles. The molecule has 0 aliphatic heterocycles. The van der Waals surface area contributed by atoms with Crippen LogP contribution in [-0.2, 0) is 0 Å². The van der Waals surface area contributed by atoms with E-state index in [0.29, 0.717) is 11.1 Å². The minimum Gasteiger partial charge on any atom is -0.0697 e. The summed E-state index contributed by atoms with van der Waals surface area (Å²) in [6.07, 6.45) is 0. The van der Waals surface area contributed by atoms with Crippen molar-refractivity contribution in [3.63, 3.8) is 0 Å². The standard InChI is InChI=1S/C19H18Si.C12H12.C10H16Si.3C9H12.2C8H10.C4H12Si/c1-20(17-11-5-2-6-12-17,18-13-7-3-8-14-18)19-15-9-4-10-16-19;1-9-3-5-12-8-10(2)4-6-11(12)7-9;1-9-5-7-10(8-6-9)11(2,3)4;2*1-7-4-5-8(2)9(3)6-7;1-7-5-4-6-8(2)9(7)3;2*1-7-5-3-4-6-8(7)2;1-5(2,3)4/h2-16H,1H3;3-8H,1-2H3;5-8H,1-4H3;3*4-6H,1-3H3;2*3-6H,1-2H3;1-4H3/i;;;3D3;;;1D3;;. The third-order valence-electron chi connectivity index (χ3n) is 15.6. The summed E-state index contributed by atoms with van der Waals surface area (Å²) in [5.41, 5.74) is 18.6. The lowest BCUT2D eigenvalue weighted by molar-refractivity contribution is 1.27. The summed E-state index contributed by atoms with van der Waals surface area (Å²) in [7, 11) is -3.55. The predicted octanol–water partition coefficient (Wildman–Crippen LogP) is 23.2. The summed E-state index contributed by atoms with van der Waals surface area (Å²) in [6, 6.07) is 88.6. The molecule has 3 heteroatoms. The molecule has 478 valence electrons. The first kappa shape index (κ1) is 67.7. The van der Waals surface area contributed by atoms with E-state index in [0.717, 1.165) is 16.7 Å². The second-order valence-corrected chi connectivity index (χ2v) is 42.1. The molecular weight excluding hydrogens is 1140 g/mol. The molecule has 0 aliphatic rings. The van der Waals surface area contributed by atoms with Crippen molar-refractivity contribution < 1.29 is 8.22 Å². The van der Waals surface area contributed by atoms with Crippen molar-refractivity contribution in [2.24, 2.45) is 0 Å². The topological polar surface area (TPSA) is 0 Å². The van der Waals surface area contributed by atoms with Gasteiger partial charge in [0.25, 0.3) is 0 Å². The monoisotopic (exact) mass is 1260 g/mol. The fourth-order valence-electron chi connectivity index (χ4n) is 9.11. The van der Waals surface area contributed by atoms with Crippen molar-refractivity contribution >= 4 is 55.7 Å². The van der Waals surface area contributed by atoms with Crippen molar-refractivity contribution in [2.45, 2.75) is 163 Å². The van der Waals surface area contributed by atoms with Crippen LogP contribution in [0.15, 0.2) is 255 Å². The van der Waals surface area contributed by atoms with E-state index in [1.807, 2.05) is 45.0 Å². The summed E-state index contributed by atoms with van der Waals surface area (Å²) >= 11 is 0. The van der Waals surface area contributed by atoms with Gasteiger partial charge in [-0.2, -0.15) is 0 Å². The van der Waals surface area contributed by atoms with Crippen LogP contribution in [0, 0.1) is 111 Å². The lowest BCUT2D eigenvalue weighted by atomic mass is 10.1. The van der Waals surface area contributed by atoms with Crippen LogP contribution in [-0.4, -0.2) is 24.2 Å². The summed E-state index contributed by atoms with van der Waals surface area (Å²) < 4.78 is 43.2. The molecule has 0 N–H and O–H groups in total. The molecular formula is C88H114Si3. The van der Waals surface area contributed by atoms with Crippen LogP contribution < -0.4 is 20.7 Å². The minimum atomic E-state index is -1.98. The fraction of sp³-hybridized carbons (Fsp3) is 0.273. The smallest absolute Gasteiger partial charge is 0.0697 e. The highest BCUT2D eigenvalue weighted by molar-refractivity contribution is 7.10. The predicted molar refractivity (Wildman–Crippen MR) is 420 cm³/mol. The van der Waals surface area contributed by atoms with Gasteiger partial charge in [-0.05, 0) is 198 Å². The third-order valence-corrected chi connectivity index (χ3v) is 22.2. The second-order valence-electron chi connectivity index (χ2n) is 27.0. The van der Waals surface area contributed by atoms with Gasteiger partial charge in [-0.15, -0.1) is 0 Å². The van der Waals surface area contributed by atoms with Crippen molar-refractivity contribution in [3.05, 3.63) is 344 Å². The normalized spacial score (nSPS) is 11.7. The number of benzene rings is 11. The molecule has 0 heterocycles. The van der Waals surface area contributed by atoms with Gasteiger partial charge in [-0.25, -0.2) is 0 Å². The molecule has 0 unspecified atom stereocenters. The average Bonchev–Trinajstić information content (AvgIpc) is 0.775. The largest absolute Gasteiger partial charge is 0.145 e. The molecule has 0 fully saturated rings. The Morgan fingerprint density at radius 2 is 0.495 bits per heavy atom. The first-order chi connectivity index (χ1) is 45.2. The Kier molecular flexibility index (Phi) is 28.9. The van der Waals surface area contributed by atoms with Gasteiger partial charge in [-0.3, -0.25) is 0 Å². The van der Waals surface area contributed by atoms with Gasteiger partial charge in [0, 0.05) is 16.3 Å². The van der Waals surface area contributed by atoms with Crippen LogP contribution >= 0.6 is 0 Å². The summed E-state index contributed by atoms with van der Waals surface area (Å²) in [5.74, 6) is 0. The van der Waals surface area contributed by atoms with Gasteiger partial charge in [0.05, 0.1) is 8.07 Å². The molecule has 91 heavy (non-hydrogen) atoms. The Morgan fingerprint density at radius 3 is 0.780 bits per heavy atom. The highest BCUT2D eigenvalue weighted by Gasteiger charge is 2.33. The lowest BCUT2D eigenvalue weighted by Crippen LogP contribution is -2.64. The van der Waals surface area contributed by atoms with Gasteiger partial charge < -0.3 is 0 Å². The number of aryl methyl sites for hydroxylation is 15. The summed E-state index contributed by atoms with van der Waals surface area (Å²) in [5, 5.41) is 8.58. The highest BCUT2D eigenvalue weighted by atomic mass is 28.3. The van der Waals surface area contributed by atoms with Gasteiger partial charge in [0.1, 0.15) is 8.07 Å². The first-order valence-electron chi connectivity index (χ1n) is 35.2. The van der Waals surface area contributed by atoms with Crippen LogP contribution in [0.25, 0.3) is 10.8 Å². The number of fused-ring (bicyclic) bond motifs is 1. The second kappa shape index (κ2) is 38.9. The minimum absolute atomic E-state index is 0.444. The van der Waals surface area contributed by atoms with Crippen LogP contribution in [0.2, 0.25) is 52.4 Å². The van der Waals surface area contributed by atoms with Gasteiger partial charge in [0.2, 0.25) is 0 Å². The van der Waals surface area contributed by atoms with E-state index in [4.69, 9.17) is 8.22 Å². The zero-order chi connectivity index (χ0) is 72.9. The van der Waals surface area contributed by atoms with Crippen LogP contribution in [0.1, 0.15) is 97.2 Å². The molecule has 0 saturated carbocycles. The van der Waals surface area contributed by atoms with Crippen LogP contribution in [0.5, 0.6) is 0 Å². The Hall–Kier alpha value is -7.67. The Bertz CT molecular complexity index is 3900. The first-order valence-corrected chi connectivity index (χ1v) is 42.2. The zero-order valence-corrected chi connectivity index (χ0v) is 62.7. The lowest BCUT2D eigenvalue weighted by Gasteiger charge is -2.29. The summed E-state index contributed by atoms with van der Waals surface area (Å²) in [4.78, 5) is 0. The number of hydrogen-bond donors (Lipinski definition) is 0. The molecule has 11 aromatic rings. The molecule has 0 aliphatic carbocycles. The molecule has 0 bridgehead atoms. The molecule has 0 nitrogen and oxygen atoms in total. The Morgan fingerprint density at radius 1 is 0.220 bits per heavy atom. The zero-order valence-electron chi connectivity index (χ0n) is 65.7. The maximum Gasteiger partial charge on any atom is 0.145 e. The van der Waals surface area contributed by atoms with E-state index in [1.54, 1.807) is 23.4 Å². The van der Waals surface area contributed by atoms with Gasteiger partial charge >= 0.3 is 0 Å². The van der Waals surface area contributed by atoms with E-state index in [-0.39, 0.29) is 0 Å².